The largest absolute Gasteiger partial charge is 0.506 e. The minimum atomic E-state index is -0.238. The van der Waals surface area contributed by atoms with Crippen LogP contribution in [0.1, 0.15) is 22.3 Å². The number of hydrogen-bond acceptors (Lipinski definition) is 4. The van der Waals surface area contributed by atoms with Crippen LogP contribution in [0.2, 0.25) is 20.1 Å². The van der Waals surface area contributed by atoms with Crippen molar-refractivity contribution in [1.29, 1.82) is 0 Å². The van der Waals surface area contributed by atoms with Crippen LogP contribution in [0.15, 0.2) is 48.5 Å². The summed E-state index contributed by atoms with van der Waals surface area (Å²) in [6, 6.07) is 12.9. The molecule has 0 unspecified atom stereocenters. The molecule has 188 valence electrons. The third-order valence-electron chi connectivity index (χ3n) is 6.34. The molecule has 4 aromatic rings. The second kappa shape index (κ2) is 9.86. The Hall–Kier alpha value is -2.73. The van der Waals surface area contributed by atoms with E-state index in [0.29, 0.717) is 40.7 Å². The molecule has 0 radical (unpaired) electrons. The fourth-order valence-corrected chi connectivity index (χ4v) is 5.81. The first-order chi connectivity index (χ1) is 17.6. The molecule has 37 heavy (non-hydrogen) atoms. The zero-order chi connectivity index (χ0) is 26.6. The van der Waals surface area contributed by atoms with Crippen molar-refractivity contribution in [3.63, 3.8) is 0 Å². The molecule has 0 saturated heterocycles. The van der Waals surface area contributed by atoms with Crippen molar-refractivity contribution in [2.24, 2.45) is 0 Å². The SMILES string of the molecule is Oc1ccc2c(c1Cl)CCc1cc(Cl)c(O)c(c1)-c1cc(cc(Cl)c1O)C=C(Cl)c1ccc-2c(O)c1Cl. The van der Waals surface area contributed by atoms with E-state index in [1.807, 2.05) is 0 Å². The first-order valence-electron chi connectivity index (χ1n) is 11.0. The van der Waals surface area contributed by atoms with Gasteiger partial charge in [0.15, 0.2) is 0 Å². The van der Waals surface area contributed by atoms with E-state index in [4.69, 9.17) is 58.0 Å². The minimum Gasteiger partial charge on any atom is -0.506 e. The summed E-state index contributed by atoms with van der Waals surface area (Å²) in [6.07, 6.45) is 2.32. The molecular weight excluding hydrogens is 578 g/mol. The van der Waals surface area contributed by atoms with Crippen LogP contribution in [0.25, 0.3) is 33.4 Å². The maximum absolute atomic E-state index is 11.0. The van der Waals surface area contributed by atoms with E-state index in [0.717, 1.165) is 5.56 Å². The molecule has 0 saturated carbocycles. The third kappa shape index (κ3) is 4.58. The van der Waals surface area contributed by atoms with Crippen molar-refractivity contribution >= 4 is 69.1 Å². The van der Waals surface area contributed by atoms with E-state index in [-0.39, 0.29) is 59.2 Å². The van der Waals surface area contributed by atoms with E-state index >= 15 is 0 Å². The summed E-state index contributed by atoms with van der Waals surface area (Å²) < 4.78 is 0. The molecule has 0 spiro atoms. The molecule has 0 fully saturated rings. The lowest BCUT2D eigenvalue weighted by molar-refractivity contribution is 0.469. The highest BCUT2D eigenvalue weighted by Gasteiger charge is 2.22. The van der Waals surface area contributed by atoms with Crippen LogP contribution in [-0.2, 0) is 12.8 Å². The summed E-state index contributed by atoms with van der Waals surface area (Å²) in [5.41, 5.74) is 3.71. The molecule has 4 N–H and O–H groups in total. The van der Waals surface area contributed by atoms with Crippen LogP contribution in [-0.4, -0.2) is 20.4 Å². The lowest BCUT2D eigenvalue weighted by Gasteiger charge is -2.18. The fraction of sp³-hybridized carbons (Fsp3) is 0.0714. The van der Waals surface area contributed by atoms with Crippen LogP contribution < -0.4 is 0 Å². The van der Waals surface area contributed by atoms with Gasteiger partial charge in [0.25, 0.3) is 0 Å². The zero-order valence-electron chi connectivity index (χ0n) is 18.8. The van der Waals surface area contributed by atoms with Gasteiger partial charge in [-0.1, -0.05) is 70.1 Å². The molecule has 9 heteroatoms. The van der Waals surface area contributed by atoms with Gasteiger partial charge in [-0.15, -0.1) is 0 Å². The Labute approximate surface area is 237 Å². The Kier molecular flexibility index (Phi) is 6.90. The monoisotopic (exact) mass is 592 g/mol. The highest BCUT2D eigenvalue weighted by atomic mass is 35.5. The van der Waals surface area contributed by atoms with Gasteiger partial charge < -0.3 is 20.4 Å². The number of aryl methyl sites for hydroxylation is 1. The number of aromatic hydroxyl groups is 4. The van der Waals surface area contributed by atoms with E-state index < -0.39 is 0 Å². The Balaban J connectivity index is 1.85. The number of benzene rings is 4. The Morgan fingerprint density at radius 1 is 0.541 bits per heavy atom. The summed E-state index contributed by atoms with van der Waals surface area (Å²) in [4.78, 5) is 0. The van der Waals surface area contributed by atoms with Gasteiger partial charge in [0.2, 0.25) is 0 Å². The van der Waals surface area contributed by atoms with Crippen molar-refractivity contribution in [2.45, 2.75) is 12.8 Å². The van der Waals surface area contributed by atoms with Crippen molar-refractivity contribution in [2.75, 3.05) is 0 Å². The summed E-state index contributed by atoms with van der Waals surface area (Å²) in [5.74, 6) is -0.758. The van der Waals surface area contributed by atoms with Crippen molar-refractivity contribution in [3.05, 3.63) is 90.9 Å². The van der Waals surface area contributed by atoms with Crippen LogP contribution in [0.3, 0.4) is 0 Å². The third-order valence-corrected chi connectivity index (χ3v) is 8.04. The van der Waals surface area contributed by atoms with Crippen LogP contribution in [0.4, 0.5) is 0 Å². The minimum absolute atomic E-state index is 0.0285. The fourth-order valence-electron chi connectivity index (χ4n) is 4.48. The number of phenolic OH excluding ortho intramolecular Hbond substituents is 4. The zero-order valence-corrected chi connectivity index (χ0v) is 22.6. The predicted octanol–water partition coefficient (Wildman–Crippen LogP) is 9.29. The van der Waals surface area contributed by atoms with E-state index in [2.05, 4.69) is 0 Å². The Morgan fingerprint density at radius 2 is 1.16 bits per heavy atom. The molecule has 6 rings (SSSR count). The van der Waals surface area contributed by atoms with Crippen LogP contribution in [0.5, 0.6) is 23.0 Å². The van der Waals surface area contributed by atoms with Gasteiger partial charge in [-0.2, -0.15) is 0 Å². The van der Waals surface area contributed by atoms with Gasteiger partial charge in [-0.3, -0.25) is 0 Å². The molecule has 0 amide bonds. The molecule has 2 aliphatic carbocycles. The highest BCUT2D eigenvalue weighted by Crippen LogP contribution is 2.47. The number of rotatable bonds is 0. The van der Waals surface area contributed by atoms with Gasteiger partial charge in [0.1, 0.15) is 23.0 Å². The number of halogens is 5. The second-order valence-electron chi connectivity index (χ2n) is 8.61. The summed E-state index contributed by atoms with van der Waals surface area (Å²) >= 11 is 32.4. The van der Waals surface area contributed by atoms with Gasteiger partial charge in [0.05, 0.1) is 25.1 Å². The molecule has 0 aliphatic heterocycles. The van der Waals surface area contributed by atoms with Gasteiger partial charge >= 0.3 is 0 Å². The van der Waals surface area contributed by atoms with E-state index in [9.17, 15) is 20.4 Å². The van der Waals surface area contributed by atoms with Crippen molar-refractivity contribution in [1.82, 2.24) is 0 Å². The molecule has 0 atom stereocenters. The number of hydrogen-bond donors (Lipinski definition) is 4. The summed E-state index contributed by atoms with van der Waals surface area (Å²) in [5, 5.41) is 43.4. The lowest BCUT2D eigenvalue weighted by Crippen LogP contribution is -1.98. The van der Waals surface area contributed by atoms with Gasteiger partial charge in [0, 0.05) is 22.3 Å². The summed E-state index contributed by atoms with van der Waals surface area (Å²) in [6.45, 7) is 0. The van der Waals surface area contributed by atoms with Crippen LogP contribution in [0, 0.1) is 0 Å². The molecule has 4 nitrogen and oxygen atoms in total. The maximum Gasteiger partial charge on any atom is 0.142 e. The van der Waals surface area contributed by atoms with E-state index in [1.165, 1.54) is 12.1 Å². The predicted molar refractivity (Wildman–Crippen MR) is 152 cm³/mol. The molecule has 0 aromatic heterocycles. The number of phenols is 4. The smallest absolute Gasteiger partial charge is 0.142 e. The van der Waals surface area contributed by atoms with Gasteiger partial charge in [-0.25, -0.2) is 0 Å². The first-order valence-corrected chi connectivity index (χ1v) is 12.9. The van der Waals surface area contributed by atoms with Crippen LogP contribution >= 0.6 is 58.0 Å². The van der Waals surface area contributed by atoms with Gasteiger partial charge in [-0.05, 0) is 77.6 Å². The molecular formula is C28H17Cl5O4. The molecule has 6 bridgehead atoms. The average Bonchev–Trinajstić information content (AvgIpc) is 2.85. The highest BCUT2D eigenvalue weighted by molar-refractivity contribution is 6.53. The summed E-state index contributed by atoms with van der Waals surface area (Å²) in [7, 11) is 0. The molecule has 4 aromatic carbocycles. The normalized spacial score (nSPS) is 12.8. The van der Waals surface area contributed by atoms with Crippen molar-refractivity contribution < 1.29 is 20.4 Å². The first kappa shape index (κ1) is 25.9. The topological polar surface area (TPSA) is 80.9 Å². The van der Waals surface area contributed by atoms with Crippen molar-refractivity contribution in [3.8, 4) is 45.3 Å². The number of fused-ring (bicyclic) bond motifs is 3. The lowest BCUT2D eigenvalue weighted by atomic mass is 9.91. The maximum atomic E-state index is 11.0. The van der Waals surface area contributed by atoms with E-state index in [1.54, 1.807) is 42.5 Å². The molecule has 0 heterocycles. The Morgan fingerprint density at radius 3 is 1.89 bits per heavy atom. The average molecular weight is 595 g/mol. The Bertz CT molecular complexity index is 1630. The standard InChI is InChI=1S/C28H17Cl5O4/c29-20-10-13-8-19(27(36)22(31)11-13)18-7-12(9-21(30)26(18)35)1-2-15-14(5-6-23(34)24(15)32)16-3-4-17(20)25(33)28(16)37/h3-11,34-37H,1-2H2. The quantitative estimate of drug-likeness (QED) is 0.164. The molecule has 2 aliphatic rings. The second-order valence-corrected chi connectivity index (χ2v) is 10.6.